The minimum absolute atomic E-state index is 0.112. The van der Waals surface area contributed by atoms with Crippen molar-refractivity contribution in [2.45, 2.75) is 104 Å². The highest BCUT2D eigenvalue weighted by Crippen LogP contribution is 2.21. The Kier molecular flexibility index (Phi) is 17.7. The lowest BCUT2D eigenvalue weighted by Gasteiger charge is -2.22. The molecule has 0 saturated carbocycles. The van der Waals surface area contributed by atoms with E-state index in [1.54, 1.807) is 18.4 Å². The Bertz CT molecular complexity index is 1090. The highest BCUT2D eigenvalue weighted by Gasteiger charge is 2.21. The van der Waals surface area contributed by atoms with Gasteiger partial charge in [0.1, 0.15) is 18.3 Å². The van der Waals surface area contributed by atoms with E-state index in [2.05, 4.69) is 5.32 Å². The molecule has 42 heavy (non-hydrogen) atoms. The van der Waals surface area contributed by atoms with Crippen molar-refractivity contribution in [3.05, 3.63) is 83.7 Å². The van der Waals surface area contributed by atoms with Gasteiger partial charge in [-0.3, -0.25) is 9.59 Å². The zero-order valence-electron chi connectivity index (χ0n) is 25.9. The molecule has 5 atom stereocenters. The number of carbonyl (C=O) groups excluding carboxylic acids is 3. The van der Waals surface area contributed by atoms with Crippen molar-refractivity contribution in [2.75, 3.05) is 0 Å². The Labute approximate surface area is 251 Å². The minimum atomic E-state index is -1.03. The van der Waals surface area contributed by atoms with Crippen LogP contribution in [0.15, 0.2) is 83.7 Å². The molecule has 1 aliphatic rings. The van der Waals surface area contributed by atoms with Crippen LogP contribution >= 0.6 is 0 Å². The van der Waals surface area contributed by atoms with Crippen molar-refractivity contribution in [3.8, 4) is 0 Å². The molecule has 3 N–H and O–H groups in total. The van der Waals surface area contributed by atoms with Crippen LogP contribution in [0.3, 0.4) is 0 Å². The zero-order chi connectivity index (χ0) is 31.5. The molecule has 5 unspecified atom stereocenters. The molecule has 1 amide bonds. The van der Waals surface area contributed by atoms with Crippen LogP contribution in [0.4, 0.5) is 0 Å². The van der Waals surface area contributed by atoms with E-state index >= 15 is 0 Å². The van der Waals surface area contributed by atoms with Crippen LogP contribution < -0.4 is 5.32 Å². The third kappa shape index (κ3) is 17.4. The van der Waals surface area contributed by atoms with Crippen LogP contribution in [-0.4, -0.2) is 52.5 Å². The monoisotopic (exact) mass is 583 g/mol. The van der Waals surface area contributed by atoms with Crippen LogP contribution in [0.5, 0.6) is 0 Å². The highest BCUT2D eigenvalue weighted by molar-refractivity contribution is 5.88. The number of amides is 1. The second kappa shape index (κ2) is 20.4. The van der Waals surface area contributed by atoms with Crippen LogP contribution in [0, 0.1) is 5.92 Å². The maximum absolute atomic E-state index is 12.7. The molecule has 0 aliphatic carbocycles. The van der Waals surface area contributed by atoms with E-state index in [4.69, 9.17) is 9.47 Å². The van der Waals surface area contributed by atoms with Crippen molar-refractivity contribution in [2.24, 2.45) is 5.92 Å². The van der Waals surface area contributed by atoms with Gasteiger partial charge in [-0.1, -0.05) is 66.2 Å². The summed E-state index contributed by atoms with van der Waals surface area (Å²) in [5, 5.41) is 23.5. The lowest BCUT2D eigenvalue weighted by Crippen LogP contribution is -2.29. The van der Waals surface area contributed by atoms with Crippen molar-refractivity contribution < 1.29 is 34.1 Å². The summed E-state index contributed by atoms with van der Waals surface area (Å²) in [6.07, 6.45) is 19.0. The summed E-state index contributed by atoms with van der Waals surface area (Å²) < 4.78 is 11.2. The SMILES string of the molecule is CC(=O)OC1CC/C=C/C=C(\C)CC(C(C)/C=C(C)/C=C/NC(=O)C=C(C)C)OC(=O)/C=C/CCCC(O)/C=C/C1O. The molecular weight excluding hydrogens is 534 g/mol. The van der Waals surface area contributed by atoms with Crippen LogP contribution in [0.2, 0.25) is 0 Å². The summed E-state index contributed by atoms with van der Waals surface area (Å²) in [7, 11) is 0. The fourth-order valence-electron chi connectivity index (χ4n) is 4.23. The number of allylic oxidation sites excluding steroid dienone is 7. The maximum atomic E-state index is 12.7. The van der Waals surface area contributed by atoms with E-state index in [1.807, 2.05) is 58.9 Å². The number of aliphatic hydroxyl groups is 2. The van der Waals surface area contributed by atoms with E-state index in [0.29, 0.717) is 38.5 Å². The van der Waals surface area contributed by atoms with Gasteiger partial charge in [0, 0.05) is 37.6 Å². The molecule has 0 spiro atoms. The van der Waals surface area contributed by atoms with Crippen LogP contribution in [0.1, 0.15) is 80.1 Å². The summed E-state index contributed by atoms with van der Waals surface area (Å²) >= 11 is 0. The minimum Gasteiger partial charge on any atom is -0.459 e. The molecule has 1 heterocycles. The van der Waals surface area contributed by atoms with Crippen molar-refractivity contribution >= 4 is 17.8 Å². The topological polar surface area (TPSA) is 122 Å². The number of hydrogen-bond acceptors (Lipinski definition) is 7. The van der Waals surface area contributed by atoms with Gasteiger partial charge in [0.25, 0.3) is 0 Å². The lowest BCUT2D eigenvalue weighted by atomic mass is 9.95. The normalized spacial score (nSPS) is 27.9. The van der Waals surface area contributed by atoms with Gasteiger partial charge in [-0.15, -0.1) is 0 Å². The number of nitrogens with one attached hydrogen (secondary N) is 1. The predicted octanol–water partition coefficient (Wildman–Crippen LogP) is 5.70. The van der Waals surface area contributed by atoms with E-state index in [-0.39, 0.29) is 11.8 Å². The Morgan fingerprint density at radius 1 is 1.10 bits per heavy atom. The molecule has 8 nitrogen and oxygen atoms in total. The van der Waals surface area contributed by atoms with Crippen LogP contribution in [0.25, 0.3) is 0 Å². The number of ether oxygens (including phenoxy) is 2. The Morgan fingerprint density at radius 2 is 1.83 bits per heavy atom. The smallest absolute Gasteiger partial charge is 0.330 e. The number of hydrogen-bond donors (Lipinski definition) is 3. The van der Waals surface area contributed by atoms with E-state index in [9.17, 15) is 24.6 Å². The standard InChI is InChI=1S/C34H49NO7/c1-24(2)21-33(39)35-20-19-26(4)22-27(5)32-23-25(3)13-9-7-11-15-31(41-28(6)36)30(38)18-17-29(37)14-10-8-12-16-34(40)42-32/h7,9,12-13,16-22,27,29-32,37-38H,8,10-11,14-15,23H2,1-6H3,(H,35,39)/b9-7+,16-12+,18-17+,20-19+,25-13+,26-22+. The first-order valence-electron chi connectivity index (χ1n) is 14.6. The van der Waals surface area contributed by atoms with E-state index in [0.717, 1.165) is 16.7 Å². The molecular formula is C34H49NO7. The first-order chi connectivity index (χ1) is 19.9. The second-order valence-electron chi connectivity index (χ2n) is 11.0. The molecule has 0 fully saturated rings. The van der Waals surface area contributed by atoms with Gasteiger partial charge < -0.3 is 25.0 Å². The summed E-state index contributed by atoms with van der Waals surface area (Å²) in [6, 6.07) is 0. The molecule has 1 rings (SSSR count). The van der Waals surface area contributed by atoms with Gasteiger partial charge >= 0.3 is 11.9 Å². The third-order valence-corrected chi connectivity index (χ3v) is 6.38. The first-order valence-corrected chi connectivity index (χ1v) is 14.6. The summed E-state index contributed by atoms with van der Waals surface area (Å²) in [4.78, 5) is 36.0. The number of carbonyl (C=O) groups is 3. The summed E-state index contributed by atoms with van der Waals surface area (Å²) in [5.41, 5.74) is 2.84. The molecule has 0 bridgehead atoms. The summed E-state index contributed by atoms with van der Waals surface area (Å²) in [6.45, 7) is 10.9. The Hall–Kier alpha value is -3.49. The van der Waals surface area contributed by atoms with Crippen molar-refractivity contribution in [3.63, 3.8) is 0 Å². The van der Waals surface area contributed by atoms with E-state index < -0.39 is 36.4 Å². The van der Waals surface area contributed by atoms with Gasteiger partial charge in [0.2, 0.25) is 5.91 Å². The third-order valence-electron chi connectivity index (χ3n) is 6.38. The molecule has 0 aromatic carbocycles. The Balaban J connectivity index is 3.09. The maximum Gasteiger partial charge on any atom is 0.330 e. The molecule has 232 valence electrons. The van der Waals surface area contributed by atoms with Gasteiger partial charge in [-0.25, -0.2) is 4.79 Å². The van der Waals surface area contributed by atoms with Crippen LogP contribution in [-0.2, 0) is 23.9 Å². The molecule has 8 heteroatoms. The number of rotatable bonds is 6. The number of esters is 2. The Morgan fingerprint density at radius 3 is 2.52 bits per heavy atom. The second-order valence-corrected chi connectivity index (χ2v) is 11.0. The molecule has 0 aromatic heterocycles. The van der Waals surface area contributed by atoms with Gasteiger partial charge in [-0.2, -0.15) is 0 Å². The quantitative estimate of drug-likeness (QED) is 0.159. The number of aliphatic hydroxyl groups excluding tert-OH is 2. The van der Waals surface area contributed by atoms with Gasteiger partial charge in [0.05, 0.1) is 6.10 Å². The van der Waals surface area contributed by atoms with Crippen molar-refractivity contribution in [1.29, 1.82) is 0 Å². The fourth-order valence-corrected chi connectivity index (χ4v) is 4.23. The van der Waals surface area contributed by atoms with Crippen molar-refractivity contribution in [1.82, 2.24) is 5.32 Å². The molecule has 0 radical (unpaired) electrons. The first kappa shape index (κ1) is 36.5. The fraction of sp³-hybridized carbons (Fsp3) is 0.500. The average Bonchev–Trinajstić information content (AvgIpc) is 2.89. The largest absolute Gasteiger partial charge is 0.459 e. The average molecular weight is 584 g/mol. The zero-order valence-corrected chi connectivity index (χ0v) is 25.9. The predicted molar refractivity (Wildman–Crippen MR) is 166 cm³/mol. The van der Waals surface area contributed by atoms with Gasteiger partial charge in [-0.05, 0) is 65.9 Å². The van der Waals surface area contributed by atoms with E-state index in [1.165, 1.54) is 31.2 Å². The van der Waals surface area contributed by atoms with Gasteiger partial charge in [0.15, 0.2) is 0 Å². The highest BCUT2D eigenvalue weighted by atomic mass is 16.6. The molecule has 1 aliphatic heterocycles. The summed E-state index contributed by atoms with van der Waals surface area (Å²) in [5.74, 6) is -1.21. The lowest BCUT2D eigenvalue weighted by molar-refractivity contribution is -0.151. The number of cyclic esters (lactones) is 1. The molecule has 0 aromatic rings. The molecule has 0 saturated heterocycles.